The van der Waals surface area contributed by atoms with Crippen LogP contribution in [0, 0.1) is 6.92 Å². The van der Waals surface area contributed by atoms with Crippen LogP contribution in [0.3, 0.4) is 0 Å². The molecule has 3 rings (SSSR count). The predicted molar refractivity (Wildman–Crippen MR) is 88.7 cm³/mol. The highest BCUT2D eigenvalue weighted by molar-refractivity contribution is 7.89. The lowest BCUT2D eigenvalue weighted by Crippen LogP contribution is -2.48. The van der Waals surface area contributed by atoms with E-state index in [4.69, 9.17) is 0 Å². The van der Waals surface area contributed by atoms with E-state index in [1.807, 2.05) is 30.3 Å². The van der Waals surface area contributed by atoms with Crippen LogP contribution in [-0.2, 0) is 16.6 Å². The maximum Gasteiger partial charge on any atom is 0.333 e. The zero-order valence-corrected chi connectivity index (χ0v) is 14.7. The van der Waals surface area contributed by atoms with Crippen molar-refractivity contribution >= 4 is 10.0 Å². The number of sulfonamides is 1. The van der Waals surface area contributed by atoms with Crippen molar-refractivity contribution in [3.8, 4) is 0 Å². The first-order valence-corrected chi connectivity index (χ1v) is 9.42. The van der Waals surface area contributed by atoms with Crippen molar-refractivity contribution in [1.29, 1.82) is 0 Å². The molecule has 0 spiro atoms. The van der Waals surface area contributed by atoms with E-state index in [1.165, 1.54) is 16.8 Å². The normalized spacial score (nSPS) is 17.3. The highest BCUT2D eigenvalue weighted by Gasteiger charge is 2.32. The smallest absolute Gasteiger partial charge is 0.296 e. The second kappa shape index (κ2) is 7.19. The van der Waals surface area contributed by atoms with Crippen LogP contribution in [0.5, 0.6) is 0 Å². The Morgan fingerprint density at radius 3 is 2.32 bits per heavy atom. The lowest BCUT2D eigenvalue weighted by atomic mass is 10.2. The standard InChI is InChI=1S/C16H20F2N4O2S/c1-13-15(11-19-22(13)16(17)18)25(23,24)21-9-7-20(8-10-21)12-14-5-3-2-4-6-14/h2-6,11,16H,7-10,12H2,1H3. The van der Waals surface area contributed by atoms with Crippen molar-refractivity contribution in [2.75, 3.05) is 26.2 Å². The molecule has 0 unspecified atom stereocenters. The molecule has 0 bridgehead atoms. The summed E-state index contributed by atoms with van der Waals surface area (Å²) in [4.78, 5) is 2.03. The summed E-state index contributed by atoms with van der Waals surface area (Å²) >= 11 is 0. The molecule has 0 N–H and O–H groups in total. The zero-order valence-electron chi connectivity index (χ0n) is 13.8. The third-order valence-electron chi connectivity index (χ3n) is 4.38. The Kier molecular flexibility index (Phi) is 5.16. The van der Waals surface area contributed by atoms with E-state index in [0.717, 1.165) is 12.7 Å². The number of hydrogen-bond donors (Lipinski definition) is 0. The van der Waals surface area contributed by atoms with E-state index in [2.05, 4.69) is 10.00 Å². The van der Waals surface area contributed by atoms with Gasteiger partial charge in [-0.3, -0.25) is 4.90 Å². The molecule has 2 aromatic rings. The fourth-order valence-electron chi connectivity index (χ4n) is 2.97. The molecule has 0 saturated carbocycles. The molecular formula is C16H20F2N4O2S. The Bertz CT molecular complexity index is 816. The van der Waals surface area contributed by atoms with Gasteiger partial charge in [0.2, 0.25) is 10.0 Å². The summed E-state index contributed by atoms with van der Waals surface area (Å²) < 4.78 is 52.8. The second-order valence-corrected chi connectivity index (χ2v) is 7.89. The van der Waals surface area contributed by atoms with Gasteiger partial charge in [-0.2, -0.15) is 18.2 Å². The Labute approximate surface area is 145 Å². The topological polar surface area (TPSA) is 58.4 Å². The van der Waals surface area contributed by atoms with Crippen LogP contribution in [0.4, 0.5) is 8.78 Å². The minimum absolute atomic E-state index is 0.0401. The number of benzene rings is 1. The number of halogens is 2. The predicted octanol–water partition coefficient (Wildman–Crippen LogP) is 2.09. The van der Waals surface area contributed by atoms with Crippen molar-refractivity contribution in [1.82, 2.24) is 19.0 Å². The van der Waals surface area contributed by atoms with Crippen molar-refractivity contribution in [2.45, 2.75) is 24.9 Å². The van der Waals surface area contributed by atoms with Gasteiger partial charge in [0.15, 0.2) is 0 Å². The highest BCUT2D eigenvalue weighted by Crippen LogP contribution is 2.24. The van der Waals surface area contributed by atoms with Gasteiger partial charge in [0, 0.05) is 32.7 Å². The lowest BCUT2D eigenvalue weighted by molar-refractivity contribution is 0.0541. The van der Waals surface area contributed by atoms with Gasteiger partial charge >= 0.3 is 6.55 Å². The van der Waals surface area contributed by atoms with Gasteiger partial charge in [0.25, 0.3) is 0 Å². The van der Waals surface area contributed by atoms with Crippen molar-refractivity contribution < 1.29 is 17.2 Å². The maximum atomic E-state index is 12.8. The van der Waals surface area contributed by atoms with Gasteiger partial charge < -0.3 is 0 Å². The Hall–Kier alpha value is -1.84. The Morgan fingerprint density at radius 1 is 1.12 bits per heavy atom. The fraction of sp³-hybridized carbons (Fsp3) is 0.438. The largest absolute Gasteiger partial charge is 0.333 e. The van der Waals surface area contributed by atoms with Crippen LogP contribution in [0.15, 0.2) is 41.4 Å². The van der Waals surface area contributed by atoms with Crippen LogP contribution in [0.2, 0.25) is 0 Å². The average molecular weight is 370 g/mol. The molecule has 9 heteroatoms. The lowest BCUT2D eigenvalue weighted by Gasteiger charge is -2.33. The van der Waals surface area contributed by atoms with Crippen molar-refractivity contribution in [3.05, 3.63) is 47.8 Å². The minimum atomic E-state index is -3.81. The summed E-state index contributed by atoms with van der Waals surface area (Å²) in [6.45, 7) is 1.09. The van der Waals surface area contributed by atoms with Crippen LogP contribution < -0.4 is 0 Å². The molecule has 1 aliphatic heterocycles. The molecule has 1 aliphatic rings. The van der Waals surface area contributed by atoms with Crippen LogP contribution in [0.25, 0.3) is 0 Å². The molecule has 0 radical (unpaired) electrons. The average Bonchev–Trinajstić information content (AvgIpc) is 2.99. The quantitative estimate of drug-likeness (QED) is 0.809. The van der Waals surface area contributed by atoms with Gasteiger partial charge in [-0.15, -0.1) is 0 Å². The zero-order chi connectivity index (χ0) is 18.0. The number of piperazine rings is 1. The fourth-order valence-corrected chi connectivity index (χ4v) is 4.54. The van der Waals surface area contributed by atoms with Crippen molar-refractivity contribution in [2.24, 2.45) is 0 Å². The summed E-state index contributed by atoms with van der Waals surface area (Å²) in [5, 5.41) is 3.50. The van der Waals surface area contributed by atoms with Crippen molar-refractivity contribution in [3.63, 3.8) is 0 Å². The molecule has 0 amide bonds. The summed E-state index contributed by atoms with van der Waals surface area (Å²) in [6.07, 6.45) is 1.01. The van der Waals surface area contributed by atoms with E-state index in [-0.39, 0.29) is 10.6 Å². The molecule has 25 heavy (non-hydrogen) atoms. The first-order valence-electron chi connectivity index (χ1n) is 7.98. The monoisotopic (exact) mass is 370 g/mol. The Balaban J connectivity index is 1.67. The number of nitrogens with zero attached hydrogens (tertiary/aromatic N) is 4. The first-order chi connectivity index (χ1) is 11.9. The SMILES string of the molecule is Cc1c(S(=O)(=O)N2CCN(Cc3ccccc3)CC2)cnn1C(F)F. The Morgan fingerprint density at radius 2 is 1.76 bits per heavy atom. The van der Waals surface area contributed by atoms with Crippen LogP contribution in [0.1, 0.15) is 17.8 Å². The van der Waals surface area contributed by atoms with Gasteiger partial charge in [-0.25, -0.2) is 13.1 Å². The molecular weight excluding hydrogens is 350 g/mol. The van der Waals surface area contributed by atoms with Gasteiger partial charge in [-0.05, 0) is 12.5 Å². The van der Waals surface area contributed by atoms with E-state index < -0.39 is 16.6 Å². The molecule has 2 heterocycles. The molecule has 1 aromatic carbocycles. The van der Waals surface area contributed by atoms with E-state index in [9.17, 15) is 17.2 Å². The van der Waals surface area contributed by atoms with E-state index >= 15 is 0 Å². The highest BCUT2D eigenvalue weighted by atomic mass is 32.2. The third kappa shape index (κ3) is 3.73. The molecule has 0 atom stereocenters. The van der Waals surface area contributed by atoms with Crippen LogP contribution >= 0.6 is 0 Å². The van der Waals surface area contributed by atoms with E-state index in [1.54, 1.807) is 0 Å². The molecule has 1 aromatic heterocycles. The minimum Gasteiger partial charge on any atom is -0.296 e. The first kappa shape index (κ1) is 18.0. The number of hydrogen-bond acceptors (Lipinski definition) is 4. The molecule has 6 nitrogen and oxygen atoms in total. The third-order valence-corrected chi connectivity index (χ3v) is 6.38. The van der Waals surface area contributed by atoms with Gasteiger partial charge in [-0.1, -0.05) is 30.3 Å². The van der Waals surface area contributed by atoms with Crippen LogP contribution in [-0.4, -0.2) is 53.6 Å². The van der Waals surface area contributed by atoms with Gasteiger partial charge in [0.1, 0.15) is 4.90 Å². The molecule has 136 valence electrons. The number of alkyl halides is 2. The summed E-state index contributed by atoms with van der Waals surface area (Å²) in [7, 11) is -3.81. The number of aromatic nitrogens is 2. The summed E-state index contributed by atoms with van der Waals surface area (Å²) in [5.74, 6) is 0. The molecule has 1 fully saturated rings. The summed E-state index contributed by atoms with van der Waals surface area (Å²) in [5.41, 5.74) is 1.13. The van der Waals surface area contributed by atoms with E-state index in [0.29, 0.717) is 30.9 Å². The maximum absolute atomic E-state index is 12.8. The second-order valence-electron chi connectivity index (χ2n) is 5.98. The molecule has 0 aliphatic carbocycles. The van der Waals surface area contributed by atoms with Gasteiger partial charge in [0.05, 0.1) is 11.9 Å². The molecule has 1 saturated heterocycles. The summed E-state index contributed by atoms with van der Waals surface area (Å²) in [6, 6.07) is 9.96. The number of rotatable bonds is 5.